The Labute approximate surface area is 235 Å². The number of phenols is 1. The van der Waals surface area contributed by atoms with Gasteiger partial charge in [0.25, 0.3) is 0 Å². The summed E-state index contributed by atoms with van der Waals surface area (Å²) >= 11 is 0. The number of phenolic OH excluding ortho intramolecular Hbond substituents is 1. The maximum absolute atomic E-state index is 11.7. The van der Waals surface area contributed by atoms with Crippen molar-refractivity contribution < 1.29 is 34.0 Å². The predicted molar refractivity (Wildman–Crippen MR) is 149 cm³/mol. The summed E-state index contributed by atoms with van der Waals surface area (Å²) in [5.41, 5.74) is 1.51. The molecule has 0 radical (unpaired) electrons. The molecule has 0 heterocycles. The van der Waals surface area contributed by atoms with Crippen molar-refractivity contribution in [2.45, 2.75) is 50.4 Å². The van der Waals surface area contributed by atoms with E-state index in [4.69, 9.17) is 9.47 Å². The van der Waals surface area contributed by atoms with E-state index in [1.165, 1.54) is 6.07 Å². The van der Waals surface area contributed by atoms with E-state index < -0.39 is 13.7 Å². The van der Waals surface area contributed by atoms with Crippen molar-refractivity contribution in [3.63, 3.8) is 0 Å². The number of hydrogen-bond acceptors (Lipinski definition) is 6. The molecule has 5 N–H and O–H groups in total. The third-order valence-electron chi connectivity index (χ3n) is 6.72. The Morgan fingerprint density at radius 2 is 1.50 bits per heavy atom. The molecule has 1 saturated carbocycles. The fraction of sp³-hybridized carbons (Fsp3) is 0.357. The molecule has 0 amide bonds. The van der Waals surface area contributed by atoms with Gasteiger partial charge in [-0.2, -0.15) is 0 Å². The van der Waals surface area contributed by atoms with Crippen LogP contribution in [0.1, 0.15) is 36.8 Å². The summed E-state index contributed by atoms with van der Waals surface area (Å²) in [6.45, 7) is 0.638. The van der Waals surface area contributed by atoms with Gasteiger partial charge in [-0.05, 0) is 67.3 Å². The molecule has 1 atom stereocenters. The van der Waals surface area contributed by atoms with Crippen LogP contribution in [0.25, 0.3) is 0 Å². The van der Waals surface area contributed by atoms with Gasteiger partial charge in [0.15, 0.2) is 0 Å². The summed E-state index contributed by atoms with van der Waals surface area (Å²) in [7, 11) is -4.37. The molecule has 0 aliphatic heterocycles. The predicted octanol–water partition coefficient (Wildman–Crippen LogP) is 3.01. The first-order chi connectivity index (χ1) is 17.7. The normalized spacial score (nSPS) is 15.4. The molecule has 1 fully saturated rings. The van der Waals surface area contributed by atoms with Crippen LogP contribution in [0, 0.1) is 0 Å². The van der Waals surface area contributed by atoms with Crippen LogP contribution in [0.5, 0.6) is 17.2 Å². The molecule has 0 spiro atoms. The van der Waals surface area contributed by atoms with Crippen LogP contribution in [0.2, 0.25) is 0 Å². The zero-order valence-corrected chi connectivity index (χ0v) is 21.5. The molecule has 1 unspecified atom stereocenters. The average Bonchev–Trinajstić information content (AvgIpc) is 3.35. The van der Waals surface area contributed by atoms with E-state index in [2.05, 4.69) is 5.32 Å². The first-order valence-electron chi connectivity index (χ1n) is 12.4. The van der Waals surface area contributed by atoms with E-state index in [1.807, 2.05) is 24.3 Å². The Kier molecular flexibility index (Phi) is 10.9. The van der Waals surface area contributed by atoms with Crippen LogP contribution in [-0.4, -0.2) is 63.7 Å². The molecule has 0 aromatic heterocycles. The summed E-state index contributed by atoms with van der Waals surface area (Å²) in [6, 6.07) is 20.6. The third kappa shape index (κ3) is 8.62. The monoisotopic (exact) mass is 535 g/mol. The van der Waals surface area contributed by atoms with E-state index in [1.54, 1.807) is 42.5 Å². The number of hydrogen-bond donors (Lipinski definition) is 5. The minimum absolute atomic E-state index is 0. The molecule has 38 heavy (non-hydrogen) atoms. The van der Waals surface area contributed by atoms with Crippen molar-refractivity contribution in [2.75, 3.05) is 13.2 Å². The van der Waals surface area contributed by atoms with Crippen molar-refractivity contribution in [3.8, 4) is 17.2 Å². The Hall–Kier alpha value is -2.27. The van der Waals surface area contributed by atoms with Crippen LogP contribution < -0.4 is 20.1 Å². The van der Waals surface area contributed by atoms with Crippen LogP contribution >= 0.6 is 7.60 Å². The molecule has 200 valence electrons. The molecule has 0 bridgehead atoms. The third-order valence-corrected chi connectivity index (χ3v) is 7.78. The molecule has 3 aromatic carbocycles. The maximum atomic E-state index is 11.7. The zero-order valence-electron chi connectivity index (χ0n) is 20.6. The van der Waals surface area contributed by atoms with E-state index in [9.17, 15) is 24.6 Å². The standard InChI is InChI=1S/C28H34NO7P.Li.H/c30-23-9-13-26(14-10-23)36-20-24(31)18-29-28(15-3-4-16-28)17-21-7-11-25(12-8-21)35-19-22-5-1-2-6-27(22)37(32,33)34;;/h1-2,5-14,24,29-31H,3-4,15-20H2,(H2,32,33,34);;. The summed E-state index contributed by atoms with van der Waals surface area (Å²) < 4.78 is 23.1. The van der Waals surface area contributed by atoms with E-state index in [0.29, 0.717) is 23.6 Å². The van der Waals surface area contributed by atoms with Gasteiger partial charge < -0.3 is 34.8 Å². The van der Waals surface area contributed by atoms with Gasteiger partial charge in [-0.1, -0.05) is 43.2 Å². The van der Waals surface area contributed by atoms with Gasteiger partial charge in [-0.25, -0.2) is 0 Å². The van der Waals surface area contributed by atoms with Gasteiger partial charge in [0, 0.05) is 17.6 Å². The van der Waals surface area contributed by atoms with Gasteiger partial charge in [-0.15, -0.1) is 0 Å². The van der Waals surface area contributed by atoms with Gasteiger partial charge in [0.1, 0.15) is 36.6 Å². The van der Waals surface area contributed by atoms with Crippen molar-refractivity contribution in [1.82, 2.24) is 5.32 Å². The van der Waals surface area contributed by atoms with Crippen molar-refractivity contribution >= 4 is 31.8 Å². The number of aromatic hydroxyl groups is 1. The average molecular weight is 536 g/mol. The molecule has 8 nitrogen and oxygen atoms in total. The second-order valence-electron chi connectivity index (χ2n) is 9.61. The Morgan fingerprint density at radius 3 is 2.16 bits per heavy atom. The summed E-state index contributed by atoms with van der Waals surface area (Å²) in [4.78, 5) is 19.1. The second-order valence-corrected chi connectivity index (χ2v) is 11.2. The molecular formula is C28H35LiNO7P. The SMILES string of the molecule is O=P(O)(O)c1ccccc1COc1ccc(CC2(NCC(O)COc3ccc(O)cc3)CCCC2)cc1.[LiH]. The quantitative estimate of drug-likeness (QED) is 0.177. The van der Waals surface area contributed by atoms with Gasteiger partial charge in [0.05, 0.1) is 5.30 Å². The first-order valence-corrected chi connectivity index (χ1v) is 14.0. The van der Waals surface area contributed by atoms with E-state index in [0.717, 1.165) is 37.7 Å². The van der Waals surface area contributed by atoms with Gasteiger partial charge in [0.2, 0.25) is 0 Å². The first kappa shape index (κ1) is 30.3. The van der Waals surface area contributed by atoms with Gasteiger partial charge in [-0.3, -0.25) is 4.57 Å². The van der Waals surface area contributed by atoms with Crippen molar-refractivity contribution in [3.05, 3.63) is 83.9 Å². The van der Waals surface area contributed by atoms with Crippen LogP contribution in [0.15, 0.2) is 72.8 Å². The Bertz CT molecular complexity index is 1190. The fourth-order valence-electron chi connectivity index (χ4n) is 4.77. The number of ether oxygens (including phenoxy) is 2. The number of aliphatic hydroxyl groups is 1. The fourth-order valence-corrected chi connectivity index (χ4v) is 5.56. The molecule has 1 aliphatic carbocycles. The Morgan fingerprint density at radius 1 is 0.895 bits per heavy atom. The van der Waals surface area contributed by atoms with Crippen LogP contribution in [0.3, 0.4) is 0 Å². The number of rotatable bonds is 12. The van der Waals surface area contributed by atoms with Crippen molar-refractivity contribution in [1.29, 1.82) is 0 Å². The van der Waals surface area contributed by atoms with Gasteiger partial charge >= 0.3 is 26.5 Å². The van der Waals surface area contributed by atoms with Crippen LogP contribution in [0.4, 0.5) is 0 Å². The Balaban J connectivity index is 0.00000400. The topological polar surface area (TPSA) is 128 Å². The second kappa shape index (κ2) is 13.7. The summed E-state index contributed by atoms with van der Waals surface area (Å²) in [5, 5.41) is 23.4. The van der Waals surface area contributed by atoms with E-state index in [-0.39, 0.29) is 48.7 Å². The van der Waals surface area contributed by atoms with E-state index >= 15 is 0 Å². The van der Waals surface area contributed by atoms with Crippen molar-refractivity contribution in [2.24, 2.45) is 0 Å². The summed E-state index contributed by atoms with van der Waals surface area (Å²) in [5.74, 6) is 1.39. The molecule has 1 aliphatic rings. The number of nitrogens with one attached hydrogen (secondary N) is 1. The number of benzene rings is 3. The molecule has 3 aromatic rings. The molecule has 0 saturated heterocycles. The zero-order chi connectivity index (χ0) is 26.3. The minimum atomic E-state index is -4.37. The number of aliphatic hydroxyl groups excluding tert-OH is 1. The number of β-amino-alcohol motifs (C(OH)–C–C–N with tert-alkyl or cyclic N) is 1. The molecular weight excluding hydrogens is 500 g/mol. The molecule has 10 heteroatoms. The van der Waals surface area contributed by atoms with Crippen LogP contribution in [-0.2, 0) is 17.6 Å². The molecule has 4 rings (SSSR count). The summed E-state index contributed by atoms with van der Waals surface area (Å²) in [6.07, 6.45) is 4.46.